The number of phenols is 10. The summed E-state index contributed by atoms with van der Waals surface area (Å²) < 4.78 is 25.1. The fraction of sp³-hybridized carbons (Fsp3) is 0. The second-order valence-corrected chi connectivity index (χ2v) is 12.5. The van der Waals surface area contributed by atoms with Crippen LogP contribution in [0.25, 0.3) is 0 Å². The maximum atomic E-state index is 13.2. The van der Waals surface area contributed by atoms with Gasteiger partial charge in [0, 0.05) is 6.20 Å². The molecule has 0 atom stereocenters. The lowest BCUT2D eigenvalue weighted by Crippen LogP contribution is -2.14. The Morgan fingerprint density at radius 3 is 0.873 bits per heavy atom. The normalized spacial score (nSPS) is 10.7. The smallest absolute Gasteiger partial charge is 0.360 e. The van der Waals surface area contributed by atoms with Crippen LogP contribution in [0.4, 0.5) is 0 Å². The highest BCUT2D eigenvalue weighted by atomic mass is 16.6. The number of aromatic hydroxyl groups is 10. The van der Waals surface area contributed by atoms with Gasteiger partial charge in [0.15, 0.2) is 57.5 Å². The molecule has 5 aromatic carbocycles. The molecule has 6 aromatic rings. The van der Waals surface area contributed by atoms with Crippen molar-refractivity contribution in [2.24, 2.45) is 0 Å². The van der Waals surface area contributed by atoms with E-state index in [1.165, 1.54) is 18.3 Å². The fourth-order valence-corrected chi connectivity index (χ4v) is 5.20. The van der Waals surface area contributed by atoms with Gasteiger partial charge in [0.1, 0.15) is 5.69 Å². The van der Waals surface area contributed by atoms with E-state index in [2.05, 4.69) is 4.98 Å². The van der Waals surface area contributed by atoms with Gasteiger partial charge in [-0.05, 0) is 72.8 Å². The number of aromatic carboxylic acids is 1. The molecule has 6 rings (SSSR count). The summed E-state index contributed by atoms with van der Waals surface area (Å²) in [6, 6.07) is 9.29. The first-order chi connectivity index (χ1) is 29.7. The van der Waals surface area contributed by atoms with Crippen molar-refractivity contribution >= 4 is 35.8 Å². The van der Waals surface area contributed by atoms with Gasteiger partial charge in [-0.2, -0.15) is 0 Å². The number of carbonyl (C=O) groups excluding carboxylic acids is 5. The van der Waals surface area contributed by atoms with Gasteiger partial charge in [0.2, 0.25) is 28.7 Å². The minimum Gasteiger partial charge on any atom is -0.504 e. The Morgan fingerprint density at radius 2 is 0.619 bits per heavy atom. The molecule has 0 aliphatic rings. The lowest BCUT2D eigenvalue weighted by Gasteiger charge is -2.13. The number of carboxylic acid groups (broad SMARTS) is 1. The second-order valence-electron chi connectivity index (χ2n) is 12.5. The molecule has 0 amide bonds. The Kier molecular flexibility index (Phi) is 11.4. The maximum Gasteiger partial charge on any atom is 0.360 e. The zero-order valence-corrected chi connectivity index (χ0v) is 30.9. The average Bonchev–Trinajstić information content (AvgIpc) is 3.78. The van der Waals surface area contributed by atoms with E-state index < -0.39 is 150 Å². The van der Waals surface area contributed by atoms with Gasteiger partial charge in [-0.15, -0.1) is 0 Å². The fourth-order valence-electron chi connectivity index (χ4n) is 5.20. The van der Waals surface area contributed by atoms with Crippen molar-refractivity contribution < 1.29 is 109 Å². The first kappa shape index (κ1) is 42.8. The number of rotatable bonds is 11. The van der Waals surface area contributed by atoms with Crippen molar-refractivity contribution in [2.45, 2.75) is 0 Å². The minimum absolute atomic E-state index is 0.0665. The van der Waals surface area contributed by atoms with E-state index in [0.29, 0.717) is 54.6 Å². The Morgan fingerprint density at radius 1 is 0.365 bits per heavy atom. The molecular formula is C40H25NO22. The van der Waals surface area contributed by atoms with Crippen molar-refractivity contribution in [3.8, 4) is 86.2 Å². The topological polar surface area (TPSA) is 387 Å². The van der Waals surface area contributed by atoms with Crippen molar-refractivity contribution in [3.63, 3.8) is 0 Å². The number of nitrogens with one attached hydrogen (secondary N) is 1. The lowest BCUT2D eigenvalue weighted by atomic mass is 10.1. The van der Waals surface area contributed by atoms with Crippen LogP contribution in [0.2, 0.25) is 0 Å². The van der Waals surface area contributed by atoms with Gasteiger partial charge in [-0.3, -0.25) is 0 Å². The van der Waals surface area contributed by atoms with Crippen molar-refractivity contribution in [3.05, 3.63) is 113 Å². The molecule has 0 radical (unpaired) electrons. The molecule has 1 aromatic heterocycles. The van der Waals surface area contributed by atoms with Crippen LogP contribution in [0.1, 0.15) is 62.3 Å². The zero-order chi connectivity index (χ0) is 46.0. The zero-order valence-electron chi connectivity index (χ0n) is 30.9. The molecule has 0 aliphatic heterocycles. The predicted octanol–water partition coefficient (Wildman–Crippen LogP) is 3.86. The number of phenolic OH excluding ortho intramolecular Hbond substituents is 10. The van der Waals surface area contributed by atoms with Crippen molar-refractivity contribution in [1.82, 2.24) is 4.98 Å². The van der Waals surface area contributed by atoms with Gasteiger partial charge < -0.3 is 84.8 Å². The molecule has 0 fully saturated rings. The van der Waals surface area contributed by atoms with Crippen molar-refractivity contribution in [2.75, 3.05) is 0 Å². The highest BCUT2D eigenvalue weighted by Crippen LogP contribution is 2.43. The van der Waals surface area contributed by atoms with Gasteiger partial charge in [-0.25, -0.2) is 28.8 Å². The van der Waals surface area contributed by atoms with E-state index >= 15 is 0 Å². The van der Waals surface area contributed by atoms with E-state index in [4.69, 9.17) is 23.7 Å². The number of H-pyrrole nitrogens is 1. The number of benzene rings is 5. The Labute approximate surface area is 347 Å². The summed E-state index contributed by atoms with van der Waals surface area (Å²) in [7, 11) is 0. The van der Waals surface area contributed by atoms with E-state index in [9.17, 15) is 84.9 Å². The predicted molar refractivity (Wildman–Crippen MR) is 201 cm³/mol. The number of esters is 5. The molecule has 0 aliphatic carbocycles. The number of aromatic amines is 1. The summed E-state index contributed by atoms with van der Waals surface area (Å²) in [5.74, 6) is -23.4. The third-order valence-corrected chi connectivity index (χ3v) is 8.30. The Balaban J connectivity index is 1.20. The summed E-state index contributed by atoms with van der Waals surface area (Å²) in [5.41, 5.74) is -3.39. The van der Waals surface area contributed by atoms with Crippen molar-refractivity contribution in [1.29, 1.82) is 0 Å². The number of carbonyl (C=O) groups is 6. The lowest BCUT2D eigenvalue weighted by molar-refractivity contribution is 0.0684. The van der Waals surface area contributed by atoms with Gasteiger partial charge in [-0.1, -0.05) is 0 Å². The molecule has 0 saturated heterocycles. The molecule has 0 bridgehead atoms. The Hall–Kier alpha value is -9.80. The van der Waals surface area contributed by atoms with Gasteiger partial charge >= 0.3 is 35.8 Å². The molecule has 1 heterocycles. The molecule has 12 N–H and O–H groups in total. The van der Waals surface area contributed by atoms with E-state index in [1.54, 1.807) is 0 Å². The molecule has 23 nitrogen and oxygen atoms in total. The summed E-state index contributed by atoms with van der Waals surface area (Å²) >= 11 is 0. The van der Waals surface area contributed by atoms with Gasteiger partial charge in [0.25, 0.3) is 0 Å². The second kappa shape index (κ2) is 16.8. The highest BCUT2D eigenvalue weighted by Gasteiger charge is 2.27. The summed E-state index contributed by atoms with van der Waals surface area (Å²) in [4.78, 5) is 78.5. The number of ether oxygens (including phenoxy) is 5. The molecule has 322 valence electrons. The van der Waals surface area contributed by atoms with Crippen LogP contribution in [0.3, 0.4) is 0 Å². The quantitative estimate of drug-likeness (QED) is 0.0499. The van der Waals surface area contributed by atoms with Crippen LogP contribution in [-0.2, 0) is 0 Å². The van der Waals surface area contributed by atoms with Crippen LogP contribution in [0, 0.1) is 0 Å². The maximum absolute atomic E-state index is 13.2. The van der Waals surface area contributed by atoms with Crippen LogP contribution >= 0.6 is 0 Å². The summed E-state index contributed by atoms with van der Waals surface area (Å²) in [5, 5.41) is 111. The van der Waals surface area contributed by atoms with Crippen LogP contribution in [0.5, 0.6) is 86.2 Å². The largest absolute Gasteiger partial charge is 0.504 e. The molecule has 0 saturated carbocycles. The van der Waals surface area contributed by atoms with Crippen LogP contribution in [0.15, 0.2) is 79.0 Å². The molecular weight excluding hydrogens is 846 g/mol. The average molecular weight is 872 g/mol. The number of carboxylic acids is 1. The molecule has 0 unspecified atom stereocenters. The molecule has 23 heteroatoms. The molecule has 0 spiro atoms. The monoisotopic (exact) mass is 871 g/mol. The van der Waals surface area contributed by atoms with E-state index in [-0.39, 0.29) is 5.69 Å². The third-order valence-electron chi connectivity index (χ3n) is 8.30. The third kappa shape index (κ3) is 8.96. The van der Waals surface area contributed by atoms with Gasteiger partial charge in [0.05, 0.1) is 27.8 Å². The van der Waals surface area contributed by atoms with Crippen LogP contribution < -0.4 is 23.7 Å². The number of aromatic nitrogens is 1. The standard InChI is InChI=1S/C40H25NO22/c42-20-4-14(35(52)53)9-25(30(20)47)59-36(54)15-5-21(43)31(48)26(10-15)60-37(55)16-6-22(44)32(49)27(11-16)61-38(56)17-7-23(45)33(50)28(12-17)62-39(57)18-8-24(46)34(51)29(13-18)63-40(58)19-2-1-3-41-19/h1-13,41-51H,(H,52,53). The number of hydrogen-bond donors (Lipinski definition) is 12. The Bertz CT molecular complexity index is 2900. The first-order valence-electron chi connectivity index (χ1n) is 17.0. The summed E-state index contributed by atoms with van der Waals surface area (Å²) in [6.07, 6.45) is 1.39. The highest BCUT2D eigenvalue weighted by molar-refractivity contribution is 5.98. The summed E-state index contributed by atoms with van der Waals surface area (Å²) in [6.45, 7) is 0. The SMILES string of the molecule is O=C(O)c1cc(O)c(O)c(OC(=O)c2cc(O)c(O)c(OC(=O)c3cc(O)c(O)c(OC(=O)c4cc(O)c(O)c(OC(=O)c5cc(O)c(O)c(OC(=O)c6ccc[nH]6)c5)c4)c3)c2)c1. The van der Waals surface area contributed by atoms with E-state index in [0.717, 1.165) is 6.07 Å². The number of hydrogen-bond acceptors (Lipinski definition) is 21. The molecule has 63 heavy (non-hydrogen) atoms. The van der Waals surface area contributed by atoms with Crippen LogP contribution in [-0.4, -0.2) is 97.0 Å². The van der Waals surface area contributed by atoms with E-state index in [1.807, 2.05) is 0 Å². The first-order valence-corrected chi connectivity index (χ1v) is 17.0. The minimum atomic E-state index is -1.58.